The lowest BCUT2D eigenvalue weighted by Crippen LogP contribution is -2.25. The van der Waals surface area contributed by atoms with Crippen LogP contribution in [0.3, 0.4) is 0 Å². The number of hydrogen-bond acceptors (Lipinski definition) is 1. The second kappa shape index (κ2) is 3.25. The topological polar surface area (TPSA) is 17.8 Å². The zero-order valence-electron chi connectivity index (χ0n) is 7.19. The van der Waals surface area contributed by atoms with E-state index in [9.17, 15) is 12.9 Å². The Kier molecular flexibility index (Phi) is 2.61. The second-order valence-electron chi connectivity index (χ2n) is 2.88. The maximum atomic E-state index is 12.0. The Hall–Kier alpha value is -0.645. The highest BCUT2D eigenvalue weighted by atomic mass is 35.5. The zero-order chi connectivity index (χ0) is 10.2. The summed E-state index contributed by atoms with van der Waals surface area (Å²) in [7, 11) is 0. The van der Waals surface area contributed by atoms with Gasteiger partial charge in [-0.2, -0.15) is 5.10 Å². The standard InChI is InChI=1S/C6H8BClF3N2/c1-4-6(8)5(2)13(12-4)3-7(9,10)11/h3H2,1-2H3/q-1. The molecule has 0 aliphatic rings. The first kappa shape index (κ1) is 10.4. The van der Waals surface area contributed by atoms with Gasteiger partial charge < -0.3 is 12.9 Å². The van der Waals surface area contributed by atoms with E-state index in [4.69, 9.17) is 11.6 Å². The highest BCUT2D eigenvalue weighted by Crippen LogP contribution is 2.21. The summed E-state index contributed by atoms with van der Waals surface area (Å²) in [6.07, 6.45) is -1.03. The van der Waals surface area contributed by atoms with Gasteiger partial charge in [0.15, 0.2) is 0 Å². The molecule has 0 aromatic carbocycles. The summed E-state index contributed by atoms with van der Waals surface area (Å²) in [5.74, 6) is 0. The van der Waals surface area contributed by atoms with Crippen molar-refractivity contribution in [1.29, 1.82) is 0 Å². The summed E-state index contributed by atoms with van der Waals surface area (Å²) >= 11 is 5.68. The molecule has 0 atom stereocenters. The van der Waals surface area contributed by atoms with Crippen molar-refractivity contribution in [2.75, 3.05) is 0 Å². The van der Waals surface area contributed by atoms with Crippen LogP contribution in [0.5, 0.6) is 0 Å². The molecule has 0 saturated heterocycles. The Morgan fingerprint density at radius 3 is 2.23 bits per heavy atom. The Balaban J connectivity index is 2.97. The van der Waals surface area contributed by atoms with E-state index in [0.717, 1.165) is 4.68 Å². The van der Waals surface area contributed by atoms with E-state index in [0.29, 0.717) is 16.4 Å². The Labute approximate surface area is 78.7 Å². The van der Waals surface area contributed by atoms with E-state index >= 15 is 0 Å². The third kappa shape index (κ3) is 2.40. The van der Waals surface area contributed by atoms with Gasteiger partial charge >= 0.3 is 6.98 Å². The number of halogens is 4. The smallest absolute Gasteiger partial charge is 0.448 e. The predicted molar refractivity (Wildman–Crippen MR) is 45.8 cm³/mol. The molecule has 0 saturated carbocycles. The molecule has 0 unspecified atom stereocenters. The largest absolute Gasteiger partial charge is 0.499 e. The van der Waals surface area contributed by atoms with E-state index in [1.165, 1.54) is 6.92 Å². The molecule has 1 aromatic rings. The second-order valence-corrected chi connectivity index (χ2v) is 3.26. The summed E-state index contributed by atoms with van der Waals surface area (Å²) in [6, 6.07) is 0. The minimum atomic E-state index is -4.86. The summed E-state index contributed by atoms with van der Waals surface area (Å²) in [5.41, 5.74) is 0.789. The van der Waals surface area contributed by atoms with Crippen LogP contribution >= 0.6 is 11.6 Å². The predicted octanol–water partition coefficient (Wildman–Crippen LogP) is 2.54. The quantitative estimate of drug-likeness (QED) is 0.687. The van der Waals surface area contributed by atoms with Gasteiger partial charge in [0.25, 0.3) is 0 Å². The lowest BCUT2D eigenvalue weighted by atomic mass is 9.92. The highest BCUT2D eigenvalue weighted by molar-refractivity contribution is 6.57. The minimum Gasteiger partial charge on any atom is -0.448 e. The molecule has 0 aliphatic carbocycles. The van der Waals surface area contributed by atoms with Crippen molar-refractivity contribution < 1.29 is 12.9 Å². The highest BCUT2D eigenvalue weighted by Gasteiger charge is 2.25. The summed E-state index contributed by atoms with van der Waals surface area (Å²) in [6.45, 7) is -1.76. The molecule has 0 radical (unpaired) electrons. The lowest BCUT2D eigenvalue weighted by Gasteiger charge is -2.14. The van der Waals surface area contributed by atoms with Crippen LogP contribution in [0, 0.1) is 13.8 Å². The van der Waals surface area contributed by atoms with Gasteiger partial charge in [-0.3, -0.25) is 4.68 Å². The molecule has 1 aromatic heterocycles. The van der Waals surface area contributed by atoms with Crippen molar-refractivity contribution in [1.82, 2.24) is 9.78 Å². The number of nitrogens with zero attached hydrogens (tertiary/aromatic N) is 2. The van der Waals surface area contributed by atoms with Gasteiger partial charge in [-0.15, -0.1) is 0 Å². The zero-order valence-corrected chi connectivity index (χ0v) is 7.95. The Morgan fingerprint density at radius 1 is 1.38 bits per heavy atom. The summed E-state index contributed by atoms with van der Waals surface area (Å²) < 4.78 is 36.9. The van der Waals surface area contributed by atoms with Crippen molar-refractivity contribution in [3.63, 3.8) is 0 Å². The molecule has 0 fully saturated rings. The van der Waals surface area contributed by atoms with Crippen LogP contribution in [-0.2, 0) is 6.44 Å². The first-order chi connectivity index (χ1) is 5.81. The maximum Gasteiger partial charge on any atom is 0.499 e. The first-order valence-corrected chi connectivity index (χ1v) is 4.09. The van der Waals surface area contributed by atoms with Gasteiger partial charge in [-0.25, -0.2) is 0 Å². The lowest BCUT2D eigenvalue weighted by molar-refractivity contribution is 0.433. The van der Waals surface area contributed by atoms with Crippen molar-refractivity contribution in [3.8, 4) is 0 Å². The molecule has 1 rings (SSSR count). The fourth-order valence-corrected chi connectivity index (χ4v) is 1.18. The van der Waals surface area contributed by atoms with Gasteiger partial charge in [0.2, 0.25) is 0 Å². The molecular formula is C6H8BClF3N2-. The van der Waals surface area contributed by atoms with Gasteiger partial charge in [0.05, 0.1) is 16.4 Å². The molecule has 0 aliphatic heterocycles. The van der Waals surface area contributed by atoms with Gasteiger partial charge in [0.1, 0.15) is 0 Å². The van der Waals surface area contributed by atoms with E-state index in [2.05, 4.69) is 5.10 Å². The molecule has 0 spiro atoms. The van der Waals surface area contributed by atoms with Crippen LogP contribution in [0.4, 0.5) is 12.9 Å². The van der Waals surface area contributed by atoms with Crippen LogP contribution < -0.4 is 0 Å². The molecule has 0 N–H and O–H groups in total. The van der Waals surface area contributed by atoms with Crippen LogP contribution in [0.15, 0.2) is 0 Å². The first-order valence-electron chi connectivity index (χ1n) is 3.72. The van der Waals surface area contributed by atoms with Gasteiger partial charge in [-0.1, -0.05) is 11.6 Å². The SMILES string of the molecule is Cc1nn(C[B-](F)(F)F)c(C)c1Cl. The normalized spacial score (nSPS) is 12.2. The van der Waals surface area contributed by atoms with E-state index in [1.807, 2.05) is 0 Å². The molecule has 1 heterocycles. The average molecular weight is 211 g/mol. The Bertz CT molecular complexity index is 320. The van der Waals surface area contributed by atoms with E-state index in [1.54, 1.807) is 6.92 Å². The molecule has 0 bridgehead atoms. The Morgan fingerprint density at radius 2 is 1.92 bits per heavy atom. The van der Waals surface area contributed by atoms with Crippen molar-refractivity contribution in [2.24, 2.45) is 0 Å². The monoisotopic (exact) mass is 211 g/mol. The molecule has 2 nitrogen and oxygen atoms in total. The van der Waals surface area contributed by atoms with Crippen molar-refractivity contribution >= 4 is 18.6 Å². The van der Waals surface area contributed by atoms with Crippen molar-refractivity contribution in [2.45, 2.75) is 20.3 Å². The fraction of sp³-hybridized carbons (Fsp3) is 0.500. The van der Waals surface area contributed by atoms with Crippen LogP contribution in [0.25, 0.3) is 0 Å². The third-order valence-electron chi connectivity index (χ3n) is 1.67. The molecule has 13 heavy (non-hydrogen) atoms. The maximum absolute atomic E-state index is 12.0. The van der Waals surface area contributed by atoms with E-state index in [-0.39, 0.29) is 0 Å². The molecular weight excluding hydrogens is 203 g/mol. The van der Waals surface area contributed by atoms with Gasteiger partial charge in [0, 0.05) is 6.44 Å². The van der Waals surface area contributed by atoms with Crippen LogP contribution in [0.1, 0.15) is 11.4 Å². The molecule has 0 amide bonds. The van der Waals surface area contributed by atoms with Crippen molar-refractivity contribution in [3.05, 3.63) is 16.4 Å². The average Bonchev–Trinajstić information content (AvgIpc) is 2.15. The van der Waals surface area contributed by atoms with E-state index < -0.39 is 13.4 Å². The van der Waals surface area contributed by atoms with Crippen LogP contribution in [-0.4, -0.2) is 16.8 Å². The third-order valence-corrected chi connectivity index (χ3v) is 2.22. The van der Waals surface area contributed by atoms with Gasteiger partial charge in [-0.05, 0) is 13.8 Å². The summed E-state index contributed by atoms with van der Waals surface area (Å²) in [4.78, 5) is 0. The molecule has 74 valence electrons. The number of hydrogen-bond donors (Lipinski definition) is 0. The fourth-order valence-electron chi connectivity index (χ4n) is 1.05. The summed E-state index contributed by atoms with van der Waals surface area (Å²) in [5, 5.41) is 3.98. The number of aryl methyl sites for hydroxylation is 1. The van der Waals surface area contributed by atoms with Crippen LogP contribution in [0.2, 0.25) is 5.02 Å². The number of aromatic nitrogens is 2. The number of rotatable bonds is 2. The minimum absolute atomic E-state index is 0.306. The molecule has 7 heteroatoms.